The highest BCUT2D eigenvalue weighted by Crippen LogP contribution is 2.32. The van der Waals surface area contributed by atoms with Gasteiger partial charge in [-0.2, -0.15) is 4.39 Å². The molecule has 0 aliphatic rings. The summed E-state index contributed by atoms with van der Waals surface area (Å²) >= 11 is 0. The lowest BCUT2D eigenvalue weighted by Crippen LogP contribution is -1.93. The summed E-state index contributed by atoms with van der Waals surface area (Å²) in [6, 6.07) is 1.68. The molecule has 0 fully saturated rings. The van der Waals surface area contributed by atoms with Crippen LogP contribution in [0.3, 0.4) is 0 Å². The molecule has 0 radical (unpaired) electrons. The van der Waals surface area contributed by atoms with E-state index in [-0.39, 0.29) is 11.6 Å². The molecule has 16 heavy (non-hydrogen) atoms. The fourth-order valence-electron chi connectivity index (χ4n) is 1.19. The van der Waals surface area contributed by atoms with Gasteiger partial charge in [0, 0.05) is 11.6 Å². The lowest BCUT2D eigenvalue weighted by Gasteiger charge is -2.03. The summed E-state index contributed by atoms with van der Waals surface area (Å²) in [5.74, 6) is -5.89. The third kappa shape index (κ3) is 1.46. The van der Waals surface area contributed by atoms with E-state index in [1.54, 1.807) is 0 Å². The molecule has 0 bridgehead atoms. The highest BCUT2D eigenvalue weighted by molar-refractivity contribution is 5.64. The summed E-state index contributed by atoms with van der Waals surface area (Å²) in [6.45, 7) is 0. The number of aromatic nitrogens is 1. The van der Waals surface area contributed by atoms with Gasteiger partial charge in [0.25, 0.3) is 0 Å². The molecule has 1 aromatic heterocycles. The van der Waals surface area contributed by atoms with Crippen molar-refractivity contribution in [2.24, 2.45) is 0 Å². The average molecular weight is 230 g/mol. The summed E-state index contributed by atoms with van der Waals surface area (Å²) in [7, 11) is 0. The minimum atomic E-state index is -1.65. The van der Waals surface area contributed by atoms with Crippen molar-refractivity contribution in [1.29, 1.82) is 0 Å². The first-order valence-electron chi connectivity index (χ1n) is 4.09. The van der Waals surface area contributed by atoms with Crippen molar-refractivity contribution in [2.45, 2.75) is 0 Å². The zero-order chi connectivity index (χ0) is 11.9. The van der Waals surface area contributed by atoms with Crippen molar-refractivity contribution in [2.75, 3.05) is 5.73 Å². The number of nitrogens with zero attached hydrogens (tertiary/aromatic N) is 1. The zero-order valence-corrected chi connectivity index (χ0v) is 7.67. The van der Waals surface area contributed by atoms with Gasteiger partial charge < -0.3 is 15.4 Å². The van der Waals surface area contributed by atoms with E-state index in [0.717, 1.165) is 6.07 Å². The Morgan fingerprint density at radius 3 is 2.44 bits per heavy atom. The Balaban J connectivity index is 2.66. The smallest absolute Gasteiger partial charge is 0.222 e. The average Bonchev–Trinajstić information content (AvgIpc) is 2.67. The number of nitrogens with two attached hydrogens (primary N) is 1. The summed E-state index contributed by atoms with van der Waals surface area (Å²) < 4.78 is 43.5. The molecule has 2 aromatic rings. The molecule has 0 spiro atoms. The first-order valence-corrected chi connectivity index (χ1v) is 4.09. The molecule has 1 heterocycles. The number of halogens is 3. The molecule has 7 heteroatoms. The van der Waals surface area contributed by atoms with E-state index in [1.807, 2.05) is 0 Å². The Labute approximate surface area is 87.1 Å². The second-order valence-corrected chi connectivity index (χ2v) is 3.00. The normalized spacial score (nSPS) is 10.7. The first kappa shape index (κ1) is 10.3. The third-order valence-electron chi connectivity index (χ3n) is 1.94. The molecule has 3 N–H and O–H groups in total. The number of rotatable bonds is 1. The molecular weight excluding hydrogens is 225 g/mol. The van der Waals surface area contributed by atoms with Crippen LogP contribution < -0.4 is 5.73 Å². The number of nitrogen functional groups attached to an aromatic ring is 1. The van der Waals surface area contributed by atoms with Gasteiger partial charge in [-0.05, 0) is 6.07 Å². The van der Waals surface area contributed by atoms with Crippen LogP contribution in [-0.2, 0) is 0 Å². The highest BCUT2D eigenvalue weighted by atomic mass is 19.2. The topological polar surface area (TPSA) is 72.3 Å². The minimum absolute atomic E-state index is 0.112. The standard InChI is InChI=1S/C9H5F3N2O2/c10-4-1-3(5-2-6(13)16-14-5)7(11)9(15)8(4)12/h1-2,15H,13H2. The lowest BCUT2D eigenvalue weighted by molar-refractivity contribution is 0.377. The minimum Gasteiger partial charge on any atom is -0.503 e. The molecule has 1 aromatic carbocycles. The molecule has 2 rings (SSSR count). The van der Waals surface area contributed by atoms with Crippen molar-refractivity contribution in [3.8, 4) is 17.0 Å². The van der Waals surface area contributed by atoms with E-state index in [0.29, 0.717) is 6.07 Å². The number of hydrogen-bond acceptors (Lipinski definition) is 4. The Bertz CT molecular complexity index is 554. The summed E-state index contributed by atoms with van der Waals surface area (Å²) in [5, 5.41) is 12.3. The van der Waals surface area contributed by atoms with E-state index in [9.17, 15) is 13.2 Å². The monoisotopic (exact) mass is 230 g/mol. The van der Waals surface area contributed by atoms with E-state index in [2.05, 4.69) is 9.68 Å². The maximum atomic E-state index is 13.4. The van der Waals surface area contributed by atoms with Crippen LogP contribution >= 0.6 is 0 Å². The van der Waals surface area contributed by atoms with Gasteiger partial charge in [0.15, 0.2) is 17.4 Å². The van der Waals surface area contributed by atoms with Gasteiger partial charge in [-0.1, -0.05) is 5.16 Å². The molecule has 0 saturated carbocycles. The SMILES string of the molecule is Nc1cc(-c2cc(F)c(F)c(O)c2F)no1. The molecule has 84 valence electrons. The van der Waals surface area contributed by atoms with E-state index < -0.39 is 28.8 Å². The maximum absolute atomic E-state index is 13.4. The summed E-state index contributed by atoms with van der Waals surface area (Å²) in [5.41, 5.74) is 4.62. The van der Waals surface area contributed by atoms with Gasteiger partial charge in [0.1, 0.15) is 5.69 Å². The Morgan fingerprint density at radius 1 is 1.19 bits per heavy atom. The fourth-order valence-corrected chi connectivity index (χ4v) is 1.19. The van der Waals surface area contributed by atoms with Crippen LogP contribution in [0.25, 0.3) is 11.3 Å². The van der Waals surface area contributed by atoms with Crippen LogP contribution in [0, 0.1) is 17.5 Å². The highest BCUT2D eigenvalue weighted by Gasteiger charge is 2.20. The van der Waals surface area contributed by atoms with Crippen molar-refractivity contribution >= 4 is 5.88 Å². The van der Waals surface area contributed by atoms with Crippen LogP contribution in [-0.4, -0.2) is 10.3 Å². The number of benzene rings is 1. The quantitative estimate of drug-likeness (QED) is 0.735. The number of phenols is 1. The number of hydrogen-bond donors (Lipinski definition) is 2. The second kappa shape index (κ2) is 3.44. The molecule has 0 aliphatic heterocycles. The molecule has 0 amide bonds. The van der Waals surface area contributed by atoms with Gasteiger partial charge in [0.2, 0.25) is 11.7 Å². The molecule has 0 aliphatic carbocycles. The summed E-state index contributed by atoms with van der Waals surface area (Å²) in [6.07, 6.45) is 0. The predicted octanol–water partition coefficient (Wildman–Crippen LogP) is 2.05. The molecule has 0 saturated heterocycles. The van der Waals surface area contributed by atoms with Crippen LogP contribution in [0.5, 0.6) is 5.75 Å². The van der Waals surface area contributed by atoms with Gasteiger partial charge >= 0.3 is 0 Å². The number of anilines is 1. The Hall–Kier alpha value is -2.18. The van der Waals surface area contributed by atoms with Gasteiger partial charge in [-0.15, -0.1) is 0 Å². The molecular formula is C9H5F3N2O2. The fraction of sp³-hybridized carbons (Fsp3) is 0. The van der Waals surface area contributed by atoms with E-state index >= 15 is 0 Å². The Morgan fingerprint density at radius 2 is 1.88 bits per heavy atom. The van der Waals surface area contributed by atoms with E-state index in [4.69, 9.17) is 10.8 Å². The van der Waals surface area contributed by atoms with Crippen LogP contribution in [0.4, 0.5) is 19.1 Å². The van der Waals surface area contributed by atoms with Crippen LogP contribution in [0.1, 0.15) is 0 Å². The molecule has 4 nitrogen and oxygen atoms in total. The maximum Gasteiger partial charge on any atom is 0.222 e. The first-order chi connectivity index (χ1) is 7.50. The summed E-state index contributed by atoms with van der Waals surface area (Å²) in [4.78, 5) is 0. The van der Waals surface area contributed by atoms with E-state index in [1.165, 1.54) is 0 Å². The van der Waals surface area contributed by atoms with Gasteiger partial charge in [-0.25, -0.2) is 8.78 Å². The molecule has 0 atom stereocenters. The molecule has 0 unspecified atom stereocenters. The van der Waals surface area contributed by atoms with Crippen molar-refractivity contribution in [1.82, 2.24) is 5.16 Å². The van der Waals surface area contributed by atoms with Gasteiger partial charge in [0.05, 0.1) is 0 Å². The lowest BCUT2D eigenvalue weighted by atomic mass is 10.1. The third-order valence-corrected chi connectivity index (χ3v) is 1.94. The van der Waals surface area contributed by atoms with Crippen molar-refractivity contribution in [3.05, 3.63) is 29.6 Å². The predicted molar refractivity (Wildman–Crippen MR) is 47.9 cm³/mol. The zero-order valence-electron chi connectivity index (χ0n) is 7.67. The second-order valence-electron chi connectivity index (χ2n) is 3.00. The van der Waals surface area contributed by atoms with Crippen molar-refractivity contribution < 1.29 is 22.8 Å². The Kier molecular flexibility index (Phi) is 2.22. The number of aromatic hydroxyl groups is 1. The van der Waals surface area contributed by atoms with Crippen LogP contribution in [0.2, 0.25) is 0 Å². The number of phenolic OH excluding ortho intramolecular Hbond substituents is 1. The largest absolute Gasteiger partial charge is 0.503 e. The van der Waals surface area contributed by atoms with Crippen LogP contribution in [0.15, 0.2) is 16.7 Å². The van der Waals surface area contributed by atoms with Crippen molar-refractivity contribution in [3.63, 3.8) is 0 Å². The van der Waals surface area contributed by atoms with Gasteiger partial charge in [-0.3, -0.25) is 0 Å².